The molecular weight excluding hydrogens is 220 g/mol. The SMILES string of the molecule is CCOC.[B]c1ccc2[nH]c(C=O)c(F)c2c1. The number of ether oxygens (including phenoxy) is 1. The van der Waals surface area contributed by atoms with E-state index in [9.17, 15) is 9.18 Å². The molecule has 88 valence electrons. The van der Waals surface area contributed by atoms with E-state index in [2.05, 4.69) is 9.72 Å². The number of H-pyrrole nitrogens is 1. The summed E-state index contributed by atoms with van der Waals surface area (Å²) in [6.07, 6.45) is 0.450. The Balaban J connectivity index is 0.000000317. The highest BCUT2D eigenvalue weighted by molar-refractivity contribution is 6.33. The van der Waals surface area contributed by atoms with Gasteiger partial charge in [0.05, 0.1) is 0 Å². The Morgan fingerprint density at radius 2 is 2.18 bits per heavy atom. The van der Waals surface area contributed by atoms with Crippen LogP contribution in [0.1, 0.15) is 17.4 Å². The molecule has 0 aliphatic rings. The van der Waals surface area contributed by atoms with Crippen molar-refractivity contribution in [1.29, 1.82) is 0 Å². The molecule has 1 N–H and O–H groups in total. The number of benzene rings is 1. The maximum Gasteiger partial charge on any atom is 0.169 e. The van der Waals surface area contributed by atoms with Crippen LogP contribution < -0.4 is 5.46 Å². The number of aldehydes is 1. The van der Waals surface area contributed by atoms with Gasteiger partial charge >= 0.3 is 0 Å². The molecule has 0 unspecified atom stereocenters. The van der Waals surface area contributed by atoms with E-state index in [1.54, 1.807) is 19.2 Å². The minimum absolute atomic E-state index is 0.0411. The molecule has 1 aromatic carbocycles. The number of halogens is 1. The van der Waals surface area contributed by atoms with Gasteiger partial charge in [0, 0.05) is 24.6 Å². The number of carbonyl (C=O) groups is 1. The average molecular weight is 233 g/mol. The van der Waals surface area contributed by atoms with E-state index in [1.807, 2.05) is 6.92 Å². The van der Waals surface area contributed by atoms with Crippen LogP contribution in [0.2, 0.25) is 0 Å². The Kier molecular flexibility index (Phi) is 4.91. The smallest absolute Gasteiger partial charge is 0.169 e. The average Bonchev–Trinajstić information content (AvgIpc) is 2.66. The van der Waals surface area contributed by atoms with E-state index in [-0.39, 0.29) is 5.69 Å². The molecule has 0 spiro atoms. The standard InChI is InChI=1S/C9H5BFNO.C3H8O/c10-5-1-2-7-6(3-5)9(11)8(4-13)12-7;1-3-4-2/h1-4,12H;3H2,1-2H3. The van der Waals surface area contributed by atoms with Gasteiger partial charge < -0.3 is 9.72 Å². The van der Waals surface area contributed by atoms with Crippen molar-refractivity contribution in [3.05, 3.63) is 29.7 Å². The van der Waals surface area contributed by atoms with Crippen LogP contribution >= 0.6 is 0 Å². The van der Waals surface area contributed by atoms with E-state index in [0.29, 0.717) is 22.7 Å². The molecule has 1 heterocycles. The van der Waals surface area contributed by atoms with E-state index in [1.165, 1.54) is 6.07 Å². The van der Waals surface area contributed by atoms with Gasteiger partial charge in [-0.2, -0.15) is 0 Å². The predicted molar refractivity (Wildman–Crippen MR) is 66.6 cm³/mol. The van der Waals surface area contributed by atoms with Crippen LogP contribution in [0, 0.1) is 5.82 Å². The normalized spacial score (nSPS) is 9.82. The first-order valence-electron chi connectivity index (χ1n) is 5.14. The van der Waals surface area contributed by atoms with Crippen molar-refractivity contribution in [2.75, 3.05) is 13.7 Å². The van der Waals surface area contributed by atoms with Crippen LogP contribution in [0.25, 0.3) is 10.9 Å². The van der Waals surface area contributed by atoms with E-state index in [4.69, 9.17) is 7.85 Å². The first-order valence-corrected chi connectivity index (χ1v) is 5.14. The fraction of sp³-hybridized carbons (Fsp3) is 0.250. The molecule has 1 aromatic heterocycles. The third-order valence-corrected chi connectivity index (χ3v) is 2.19. The van der Waals surface area contributed by atoms with Gasteiger partial charge in [-0.15, -0.1) is 0 Å². The molecule has 0 aliphatic carbocycles. The molecule has 17 heavy (non-hydrogen) atoms. The zero-order valence-corrected chi connectivity index (χ0v) is 9.79. The second kappa shape index (κ2) is 6.20. The van der Waals surface area contributed by atoms with Crippen molar-refractivity contribution < 1.29 is 13.9 Å². The number of rotatable bonds is 2. The van der Waals surface area contributed by atoms with Gasteiger partial charge in [0.2, 0.25) is 0 Å². The topological polar surface area (TPSA) is 42.1 Å². The molecule has 5 heteroatoms. The van der Waals surface area contributed by atoms with Gasteiger partial charge in [-0.3, -0.25) is 4.79 Å². The summed E-state index contributed by atoms with van der Waals surface area (Å²) in [5, 5.41) is 0.349. The lowest BCUT2D eigenvalue weighted by Gasteiger charge is -1.91. The highest BCUT2D eigenvalue weighted by atomic mass is 19.1. The van der Waals surface area contributed by atoms with Crippen LogP contribution in [-0.4, -0.2) is 32.8 Å². The van der Waals surface area contributed by atoms with Gasteiger partial charge in [0.15, 0.2) is 12.1 Å². The molecule has 2 rings (SSSR count). The molecule has 3 nitrogen and oxygen atoms in total. The van der Waals surface area contributed by atoms with Crippen molar-refractivity contribution >= 4 is 30.5 Å². The Hall–Kier alpha value is -1.62. The lowest BCUT2D eigenvalue weighted by atomic mass is 9.95. The van der Waals surface area contributed by atoms with Crippen LogP contribution in [-0.2, 0) is 4.74 Å². The van der Waals surface area contributed by atoms with E-state index in [0.717, 1.165) is 6.61 Å². The molecule has 2 aromatic rings. The summed E-state index contributed by atoms with van der Waals surface area (Å²) in [5.74, 6) is -0.544. The molecule has 0 amide bonds. The van der Waals surface area contributed by atoms with Gasteiger partial charge in [-0.25, -0.2) is 4.39 Å². The zero-order chi connectivity index (χ0) is 12.8. The second-order valence-corrected chi connectivity index (χ2v) is 3.35. The fourth-order valence-corrected chi connectivity index (χ4v) is 1.28. The Bertz CT molecular complexity index is 508. The summed E-state index contributed by atoms with van der Waals surface area (Å²) in [6, 6.07) is 4.78. The van der Waals surface area contributed by atoms with E-state index >= 15 is 0 Å². The summed E-state index contributed by atoms with van der Waals surface area (Å²) in [7, 11) is 7.16. The molecular formula is C12H13BFNO2. The van der Waals surface area contributed by atoms with Crippen LogP contribution in [0.15, 0.2) is 18.2 Å². The minimum Gasteiger partial charge on any atom is -0.385 e. The van der Waals surface area contributed by atoms with Crippen molar-refractivity contribution in [2.45, 2.75) is 6.92 Å². The molecule has 0 bridgehead atoms. The Morgan fingerprint density at radius 1 is 1.53 bits per heavy atom. The summed E-state index contributed by atoms with van der Waals surface area (Å²) in [6.45, 7) is 2.78. The number of methoxy groups -OCH3 is 1. The summed E-state index contributed by atoms with van der Waals surface area (Å²) in [5.41, 5.74) is 1.01. The fourth-order valence-electron chi connectivity index (χ4n) is 1.28. The highest BCUT2D eigenvalue weighted by Gasteiger charge is 2.09. The monoisotopic (exact) mass is 233 g/mol. The van der Waals surface area contributed by atoms with Gasteiger partial charge in [-0.05, 0) is 13.0 Å². The van der Waals surface area contributed by atoms with E-state index < -0.39 is 5.82 Å². The van der Waals surface area contributed by atoms with Crippen molar-refractivity contribution in [2.24, 2.45) is 0 Å². The van der Waals surface area contributed by atoms with Crippen LogP contribution in [0.3, 0.4) is 0 Å². The minimum atomic E-state index is -0.544. The molecule has 0 saturated heterocycles. The van der Waals surface area contributed by atoms with Gasteiger partial charge in [0.1, 0.15) is 13.5 Å². The molecule has 0 aliphatic heterocycles. The maximum atomic E-state index is 13.3. The van der Waals surface area contributed by atoms with Crippen molar-refractivity contribution in [3.63, 3.8) is 0 Å². The number of carbonyl (C=O) groups excluding carboxylic acids is 1. The zero-order valence-electron chi connectivity index (χ0n) is 9.79. The number of aromatic amines is 1. The molecule has 0 saturated carbocycles. The maximum absolute atomic E-state index is 13.3. The number of fused-ring (bicyclic) bond motifs is 1. The van der Waals surface area contributed by atoms with Crippen molar-refractivity contribution in [1.82, 2.24) is 4.98 Å². The quantitative estimate of drug-likeness (QED) is 0.631. The third-order valence-electron chi connectivity index (χ3n) is 2.19. The summed E-state index contributed by atoms with van der Waals surface area (Å²) < 4.78 is 17.8. The first-order chi connectivity index (χ1) is 8.13. The summed E-state index contributed by atoms with van der Waals surface area (Å²) in [4.78, 5) is 13.0. The second-order valence-electron chi connectivity index (χ2n) is 3.35. The number of hydrogen-bond donors (Lipinski definition) is 1. The largest absolute Gasteiger partial charge is 0.385 e. The van der Waals surface area contributed by atoms with Crippen LogP contribution in [0.5, 0.6) is 0 Å². The molecule has 0 atom stereocenters. The lowest BCUT2D eigenvalue weighted by molar-refractivity contribution is 0.111. The Labute approximate surface area is 100 Å². The molecule has 2 radical (unpaired) electrons. The number of hydrogen-bond acceptors (Lipinski definition) is 2. The third kappa shape index (κ3) is 3.17. The van der Waals surface area contributed by atoms with Gasteiger partial charge in [-0.1, -0.05) is 17.6 Å². The first kappa shape index (κ1) is 13.4. The van der Waals surface area contributed by atoms with Gasteiger partial charge in [0.25, 0.3) is 0 Å². The Morgan fingerprint density at radius 3 is 2.71 bits per heavy atom. The lowest BCUT2D eigenvalue weighted by Crippen LogP contribution is -1.99. The summed E-state index contributed by atoms with van der Waals surface area (Å²) >= 11 is 0. The van der Waals surface area contributed by atoms with Crippen molar-refractivity contribution in [3.8, 4) is 0 Å². The highest BCUT2D eigenvalue weighted by Crippen LogP contribution is 2.17. The molecule has 0 fully saturated rings. The number of nitrogens with one attached hydrogen (secondary N) is 1. The predicted octanol–water partition coefficient (Wildman–Crippen LogP) is 1.57. The van der Waals surface area contributed by atoms with Crippen LogP contribution in [0.4, 0.5) is 4.39 Å². The number of aromatic nitrogens is 1.